The van der Waals surface area contributed by atoms with E-state index >= 15 is 0 Å². The Morgan fingerprint density at radius 3 is 2.32 bits per heavy atom. The van der Waals surface area contributed by atoms with E-state index in [9.17, 15) is 8.42 Å². The SMILES string of the molecule is Cc1nc(N)cc(Sc2ccc(S(C)(=O)=O)cc2)n1. The maximum absolute atomic E-state index is 11.3. The molecule has 1 heterocycles. The van der Waals surface area contributed by atoms with Crippen LogP contribution < -0.4 is 5.73 Å². The van der Waals surface area contributed by atoms with Crippen LogP contribution in [0.4, 0.5) is 5.82 Å². The second kappa shape index (κ2) is 5.18. The van der Waals surface area contributed by atoms with Crippen LogP contribution in [-0.4, -0.2) is 24.6 Å². The Hall–Kier alpha value is -1.60. The van der Waals surface area contributed by atoms with E-state index in [1.807, 2.05) is 0 Å². The van der Waals surface area contributed by atoms with Gasteiger partial charge in [0.2, 0.25) is 0 Å². The van der Waals surface area contributed by atoms with Gasteiger partial charge in [0, 0.05) is 17.2 Å². The monoisotopic (exact) mass is 295 g/mol. The quantitative estimate of drug-likeness (QED) is 0.871. The van der Waals surface area contributed by atoms with E-state index in [2.05, 4.69) is 9.97 Å². The van der Waals surface area contributed by atoms with Crippen molar-refractivity contribution in [3.05, 3.63) is 36.2 Å². The fourth-order valence-electron chi connectivity index (χ4n) is 1.49. The first kappa shape index (κ1) is 13.8. The maximum atomic E-state index is 11.3. The summed E-state index contributed by atoms with van der Waals surface area (Å²) in [5, 5.41) is 0.733. The number of sulfone groups is 1. The Labute approximate surface area is 116 Å². The summed E-state index contributed by atoms with van der Waals surface area (Å²) in [6.07, 6.45) is 1.18. The van der Waals surface area contributed by atoms with Gasteiger partial charge in [0.15, 0.2) is 9.84 Å². The first-order valence-corrected chi connectivity index (χ1v) is 8.14. The van der Waals surface area contributed by atoms with Crippen molar-refractivity contribution in [3.8, 4) is 0 Å². The van der Waals surface area contributed by atoms with Gasteiger partial charge >= 0.3 is 0 Å². The summed E-state index contributed by atoms with van der Waals surface area (Å²) < 4.78 is 22.7. The summed E-state index contributed by atoms with van der Waals surface area (Å²) in [7, 11) is -3.16. The van der Waals surface area contributed by atoms with Crippen molar-refractivity contribution in [2.75, 3.05) is 12.0 Å². The smallest absolute Gasteiger partial charge is 0.175 e. The molecule has 0 aliphatic heterocycles. The van der Waals surface area contributed by atoms with Crippen LogP contribution in [-0.2, 0) is 9.84 Å². The summed E-state index contributed by atoms with van der Waals surface area (Å²) in [5.74, 6) is 1.03. The Balaban J connectivity index is 2.24. The van der Waals surface area contributed by atoms with Gasteiger partial charge in [-0.15, -0.1) is 0 Å². The van der Waals surface area contributed by atoms with Crippen LogP contribution >= 0.6 is 11.8 Å². The van der Waals surface area contributed by atoms with Gasteiger partial charge in [0.1, 0.15) is 16.7 Å². The van der Waals surface area contributed by atoms with E-state index in [1.54, 1.807) is 37.3 Å². The minimum atomic E-state index is -3.16. The first-order valence-electron chi connectivity index (χ1n) is 5.44. The normalized spacial score (nSPS) is 11.5. The lowest BCUT2D eigenvalue weighted by atomic mass is 10.4. The molecule has 0 fully saturated rings. The molecule has 0 aliphatic rings. The molecule has 0 aliphatic carbocycles. The molecule has 19 heavy (non-hydrogen) atoms. The number of hydrogen-bond acceptors (Lipinski definition) is 6. The molecule has 5 nitrogen and oxygen atoms in total. The molecule has 7 heteroatoms. The highest BCUT2D eigenvalue weighted by Crippen LogP contribution is 2.27. The Morgan fingerprint density at radius 1 is 1.16 bits per heavy atom. The van der Waals surface area contributed by atoms with Crippen molar-refractivity contribution >= 4 is 27.4 Å². The zero-order valence-electron chi connectivity index (χ0n) is 10.5. The summed E-state index contributed by atoms with van der Waals surface area (Å²) in [6.45, 7) is 1.77. The zero-order chi connectivity index (χ0) is 14.0. The minimum absolute atomic E-state index is 0.301. The van der Waals surface area contributed by atoms with E-state index in [1.165, 1.54) is 18.0 Å². The van der Waals surface area contributed by atoms with Crippen LogP contribution in [0.25, 0.3) is 0 Å². The van der Waals surface area contributed by atoms with Crippen LogP contribution in [0.1, 0.15) is 5.82 Å². The molecular weight excluding hydrogens is 282 g/mol. The molecule has 0 saturated heterocycles. The Morgan fingerprint density at radius 2 is 1.79 bits per heavy atom. The topological polar surface area (TPSA) is 85.9 Å². The van der Waals surface area contributed by atoms with Crippen molar-refractivity contribution in [1.29, 1.82) is 0 Å². The highest BCUT2D eigenvalue weighted by molar-refractivity contribution is 7.99. The van der Waals surface area contributed by atoms with Crippen molar-refractivity contribution < 1.29 is 8.42 Å². The molecule has 1 aromatic carbocycles. The van der Waals surface area contributed by atoms with Crippen LogP contribution in [0.2, 0.25) is 0 Å². The lowest BCUT2D eigenvalue weighted by molar-refractivity contribution is 0.602. The molecule has 0 spiro atoms. The molecule has 0 amide bonds. The minimum Gasteiger partial charge on any atom is -0.384 e. The number of aryl methyl sites for hydroxylation is 1. The van der Waals surface area contributed by atoms with E-state index < -0.39 is 9.84 Å². The number of benzene rings is 1. The molecule has 2 rings (SSSR count). The van der Waals surface area contributed by atoms with Gasteiger partial charge in [-0.3, -0.25) is 0 Å². The number of nitrogens with zero attached hydrogens (tertiary/aromatic N) is 2. The Kier molecular flexibility index (Phi) is 3.77. The molecule has 0 atom stereocenters. The highest BCUT2D eigenvalue weighted by Gasteiger charge is 2.07. The van der Waals surface area contributed by atoms with Crippen LogP contribution in [0.3, 0.4) is 0 Å². The third-order valence-corrected chi connectivity index (χ3v) is 4.36. The predicted octanol–water partition coefficient (Wildman–Crippen LogP) is 1.92. The van der Waals surface area contributed by atoms with Crippen molar-refractivity contribution in [2.24, 2.45) is 0 Å². The molecule has 2 aromatic rings. The van der Waals surface area contributed by atoms with Crippen molar-refractivity contribution in [3.63, 3.8) is 0 Å². The van der Waals surface area contributed by atoms with E-state index in [0.29, 0.717) is 16.5 Å². The number of rotatable bonds is 3. The lowest BCUT2D eigenvalue weighted by Gasteiger charge is -2.04. The van der Waals surface area contributed by atoms with Gasteiger partial charge in [-0.05, 0) is 31.2 Å². The van der Waals surface area contributed by atoms with Gasteiger partial charge in [-0.2, -0.15) is 0 Å². The highest BCUT2D eigenvalue weighted by atomic mass is 32.2. The fourth-order valence-corrected chi connectivity index (χ4v) is 2.99. The molecular formula is C12H13N3O2S2. The molecule has 2 N–H and O–H groups in total. The molecule has 0 radical (unpaired) electrons. The van der Waals surface area contributed by atoms with Crippen LogP contribution in [0, 0.1) is 6.92 Å². The second-order valence-corrected chi connectivity index (χ2v) is 7.13. The molecule has 1 aromatic heterocycles. The zero-order valence-corrected chi connectivity index (χ0v) is 12.1. The van der Waals surface area contributed by atoms with E-state index in [0.717, 1.165) is 9.92 Å². The van der Waals surface area contributed by atoms with Gasteiger partial charge in [0.25, 0.3) is 0 Å². The number of nitrogen functional groups attached to an aromatic ring is 1. The van der Waals surface area contributed by atoms with E-state index in [4.69, 9.17) is 5.73 Å². The van der Waals surface area contributed by atoms with Crippen molar-refractivity contribution in [1.82, 2.24) is 9.97 Å². The van der Waals surface area contributed by atoms with Gasteiger partial charge in [-0.1, -0.05) is 11.8 Å². The largest absolute Gasteiger partial charge is 0.384 e. The summed E-state index contributed by atoms with van der Waals surface area (Å²) >= 11 is 1.41. The summed E-state index contributed by atoms with van der Waals surface area (Å²) in [4.78, 5) is 9.44. The van der Waals surface area contributed by atoms with Gasteiger partial charge in [-0.25, -0.2) is 18.4 Å². The molecule has 0 saturated carbocycles. The number of anilines is 1. The number of hydrogen-bond donors (Lipinski definition) is 1. The fraction of sp³-hybridized carbons (Fsp3) is 0.167. The van der Waals surface area contributed by atoms with Gasteiger partial charge in [0.05, 0.1) is 4.90 Å². The van der Waals surface area contributed by atoms with E-state index in [-0.39, 0.29) is 0 Å². The number of nitrogens with two attached hydrogens (primary N) is 1. The molecule has 0 unspecified atom stereocenters. The third kappa shape index (κ3) is 3.68. The van der Waals surface area contributed by atoms with Crippen LogP contribution in [0.5, 0.6) is 0 Å². The average Bonchev–Trinajstić information content (AvgIpc) is 2.26. The second-order valence-electron chi connectivity index (χ2n) is 4.02. The molecule has 0 bridgehead atoms. The third-order valence-electron chi connectivity index (χ3n) is 2.31. The average molecular weight is 295 g/mol. The van der Waals surface area contributed by atoms with Gasteiger partial charge < -0.3 is 5.73 Å². The van der Waals surface area contributed by atoms with Crippen molar-refractivity contribution in [2.45, 2.75) is 21.7 Å². The standard InChI is InChI=1S/C12H13N3O2S2/c1-8-14-11(13)7-12(15-8)18-9-3-5-10(6-4-9)19(2,16)17/h3-7H,1-2H3,(H2,13,14,15). The predicted molar refractivity (Wildman–Crippen MR) is 74.9 cm³/mol. The Bertz CT molecular complexity index is 677. The summed E-state index contributed by atoms with van der Waals surface area (Å²) in [5.41, 5.74) is 5.65. The van der Waals surface area contributed by atoms with Crippen LogP contribution in [0.15, 0.2) is 45.1 Å². The molecule has 100 valence electrons. The maximum Gasteiger partial charge on any atom is 0.175 e. The number of aromatic nitrogens is 2. The summed E-state index contributed by atoms with van der Waals surface area (Å²) in [6, 6.07) is 8.33. The lowest BCUT2D eigenvalue weighted by Crippen LogP contribution is -1.97. The first-order chi connectivity index (χ1) is 8.84.